The molecule has 1 fully saturated rings. The highest BCUT2D eigenvalue weighted by Gasteiger charge is 2.32. The van der Waals surface area contributed by atoms with Crippen LogP contribution in [0.4, 0.5) is 0 Å². The molecule has 2 aromatic rings. The van der Waals surface area contributed by atoms with E-state index in [1.54, 1.807) is 6.20 Å². The fraction of sp³-hybridized carbons (Fsp3) is 0.600. The molecular weight excluding hydrogens is 280 g/mol. The third-order valence-electron chi connectivity index (χ3n) is 4.18. The van der Waals surface area contributed by atoms with Crippen molar-refractivity contribution in [3.63, 3.8) is 0 Å². The number of carbonyl (C=O) groups is 1. The summed E-state index contributed by atoms with van der Waals surface area (Å²) in [7, 11) is 0. The van der Waals surface area contributed by atoms with Crippen LogP contribution in [0.25, 0.3) is 0 Å². The maximum absolute atomic E-state index is 12.8. The SMILES string of the molecule is Cc1[nH]ncc1C(=O)N1CCCCC1c1nc(C(C)C)n[nH]1. The number of aromatic amines is 2. The highest BCUT2D eigenvalue weighted by Crippen LogP contribution is 2.31. The van der Waals surface area contributed by atoms with Crippen LogP contribution in [0.1, 0.15) is 72.8 Å². The molecule has 118 valence electrons. The van der Waals surface area contributed by atoms with Gasteiger partial charge < -0.3 is 4.90 Å². The lowest BCUT2D eigenvalue weighted by atomic mass is 10.0. The van der Waals surface area contributed by atoms with Gasteiger partial charge in [0.1, 0.15) is 5.82 Å². The molecule has 1 saturated heterocycles. The number of piperidine rings is 1. The summed E-state index contributed by atoms with van der Waals surface area (Å²) in [6, 6.07) is -0.0319. The number of likely N-dealkylation sites (tertiary alicyclic amines) is 1. The van der Waals surface area contributed by atoms with Crippen molar-refractivity contribution in [1.29, 1.82) is 0 Å². The van der Waals surface area contributed by atoms with Gasteiger partial charge >= 0.3 is 0 Å². The maximum Gasteiger partial charge on any atom is 0.257 e. The van der Waals surface area contributed by atoms with E-state index in [0.29, 0.717) is 5.56 Å². The maximum atomic E-state index is 12.8. The van der Waals surface area contributed by atoms with E-state index in [9.17, 15) is 4.79 Å². The normalized spacial score (nSPS) is 18.9. The summed E-state index contributed by atoms with van der Waals surface area (Å²) in [5.74, 6) is 1.87. The van der Waals surface area contributed by atoms with E-state index in [1.165, 1.54) is 0 Å². The Morgan fingerprint density at radius 3 is 2.82 bits per heavy atom. The van der Waals surface area contributed by atoms with Gasteiger partial charge in [0.2, 0.25) is 0 Å². The Morgan fingerprint density at radius 1 is 1.36 bits per heavy atom. The summed E-state index contributed by atoms with van der Waals surface area (Å²) in [6.45, 7) is 6.73. The Balaban J connectivity index is 1.87. The van der Waals surface area contributed by atoms with Crippen LogP contribution in [0.5, 0.6) is 0 Å². The Hall–Kier alpha value is -2.18. The van der Waals surface area contributed by atoms with Crippen LogP contribution in [0, 0.1) is 6.92 Å². The summed E-state index contributed by atoms with van der Waals surface area (Å²) in [5.41, 5.74) is 1.44. The number of hydrogen-bond donors (Lipinski definition) is 2. The second-order valence-corrected chi connectivity index (χ2v) is 6.15. The smallest absolute Gasteiger partial charge is 0.257 e. The van der Waals surface area contributed by atoms with Crippen LogP contribution in [0.2, 0.25) is 0 Å². The van der Waals surface area contributed by atoms with Crippen molar-refractivity contribution in [1.82, 2.24) is 30.3 Å². The lowest BCUT2D eigenvalue weighted by Crippen LogP contribution is -2.39. The van der Waals surface area contributed by atoms with E-state index in [2.05, 4.69) is 39.2 Å². The molecule has 1 aliphatic rings. The molecule has 0 aromatic carbocycles. The van der Waals surface area contributed by atoms with E-state index < -0.39 is 0 Å². The molecule has 1 amide bonds. The van der Waals surface area contributed by atoms with Gasteiger partial charge in [-0.25, -0.2) is 4.98 Å². The molecule has 1 atom stereocenters. The average molecular weight is 302 g/mol. The minimum Gasteiger partial charge on any atom is -0.328 e. The number of rotatable bonds is 3. The number of hydrogen-bond acceptors (Lipinski definition) is 4. The van der Waals surface area contributed by atoms with Crippen LogP contribution in [0.3, 0.4) is 0 Å². The lowest BCUT2D eigenvalue weighted by molar-refractivity contribution is 0.0599. The van der Waals surface area contributed by atoms with Gasteiger partial charge in [0.15, 0.2) is 5.82 Å². The van der Waals surface area contributed by atoms with Crippen LogP contribution < -0.4 is 0 Å². The molecule has 3 heterocycles. The van der Waals surface area contributed by atoms with Gasteiger partial charge in [0.25, 0.3) is 5.91 Å². The topological polar surface area (TPSA) is 90.6 Å². The van der Waals surface area contributed by atoms with E-state index in [4.69, 9.17) is 0 Å². The van der Waals surface area contributed by atoms with Crippen molar-refractivity contribution < 1.29 is 4.79 Å². The molecule has 22 heavy (non-hydrogen) atoms. The summed E-state index contributed by atoms with van der Waals surface area (Å²) in [6.07, 6.45) is 4.62. The Bertz CT molecular complexity index is 659. The zero-order valence-corrected chi connectivity index (χ0v) is 13.3. The number of nitrogens with one attached hydrogen (secondary N) is 2. The van der Waals surface area contributed by atoms with Crippen LogP contribution in [-0.4, -0.2) is 42.7 Å². The molecule has 0 radical (unpaired) electrons. The summed E-state index contributed by atoms with van der Waals surface area (Å²) in [4.78, 5) is 19.3. The van der Waals surface area contributed by atoms with E-state index in [0.717, 1.165) is 43.1 Å². The molecule has 7 nitrogen and oxygen atoms in total. The molecule has 0 aliphatic carbocycles. The molecule has 2 aromatic heterocycles. The fourth-order valence-electron chi connectivity index (χ4n) is 2.88. The van der Waals surface area contributed by atoms with Crippen LogP contribution in [-0.2, 0) is 0 Å². The van der Waals surface area contributed by atoms with Gasteiger partial charge in [-0.15, -0.1) is 0 Å². The van der Waals surface area contributed by atoms with E-state index in [1.807, 2.05) is 11.8 Å². The minimum atomic E-state index is -0.0319. The molecule has 0 spiro atoms. The van der Waals surface area contributed by atoms with E-state index in [-0.39, 0.29) is 17.9 Å². The Labute approximate surface area is 129 Å². The van der Waals surface area contributed by atoms with Gasteiger partial charge in [-0.2, -0.15) is 10.2 Å². The Kier molecular flexibility index (Phi) is 3.96. The molecule has 1 aliphatic heterocycles. The predicted octanol–water partition coefficient (Wildman–Crippen LogP) is 2.33. The largest absolute Gasteiger partial charge is 0.328 e. The standard InChI is InChI=1S/C15H22N6O/c1-9(2)13-17-14(20-19-13)12-6-4-5-7-21(12)15(22)11-8-16-18-10(11)3/h8-9,12H,4-7H2,1-3H3,(H,16,18)(H,17,19,20). The fourth-order valence-corrected chi connectivity index (χ4v) is 2.88. The minimum absolute atomic E-state index is 0.0125. The van der Waals surface area contributed by atoms with Crippen LogP contribution in [0.15, 0.2) is 6.20 Å². The number of aryl methyl sites for hydroxylation is 1. The second kappa shape index (κ2) is 5.90. The quantitative estimate of drug-likeness (QED) is 0.910. The third kappa shape index (κ3) is 2.63. The number of amides is 1. The summed E-state index contributed by atoms with van der Waals surface area (Å²) in [5, 5.41) is 14.1. The van der Waals surface area contributed by atoms with Gasteiger partial charge in [-0.1, -0.05) is 13.8 Å². The molecule has 7 heteroatoms. The van der Waals surface area contributed by atoms with Crippen molar-refractivity contribution in [3.8, 4) is 0 Å². The zero-order chi connectivity index (χ0) is 15.7. The third-order valence-corrected chi connectivity index (χ3v) is 4.18. The Morgan fingerprint density at radius 2 is 2.18 bits per heavy atom. The van der Waals surface area contributed by atoms with Gasteiger partial charge in [-0.3, -0.25) is 15.0 Å². The van der Waals surface area contributed by atoms with Crippen molar-refractivity contribution in [2.45, 2.75) is 52.0 Å². The zero-order valence-electron chi connectivity index (χ0n) is 13.3. The summed E-state index contributed by atoms with van der Waals surface area (Å²) >= 11 is 0. The van der Waals surface area contributed by atoms with Gasteiger partial charge in [0, 0.05) is 18.2 Å². The molecule has 3 rings (SSSR count). The number of H-pyrrole nitrogens is 2. The highest BCUT2D eigenvalue weighted by molar-refractivity contribution is 5.95. The first-order valence-corrected chi connectivity index (χ1v) is 7.81. The average Bonchev–Trinajstić information content (AvgIpc) is 3.15. The highest BCUT2D eigenvalue weighted by atomic mass is 16.2. The van der Waals surface area contributed by atoms with Crippen LogP contribution >= 0.6 is 0 Å². The predicted molar refractivity (Wildman–Crippen MR) is 81.4 cm³/mol. The van der Waals surface area contributed by atoms with E-state index >= 15 is 0 Å². The van der Waals surface area contributed by atoms with Gasteiger partial charge in [-0.05, 0) is 26.2 Å². The lowest BCUT2D eigenvalue weighted by Gasteiger charge is -2.34. The first-order valence-electron chi connectivity index (χ1n) is 7.81. The molecule has 0 saturated carbocycles. The number of aromatic nitrogens is 5. The molecule has 0 bridgehead atoms. The van der Waals surface area contributed by atoms with Crippen molar-refractivity contribution >= 4 is 5.91 Å². The summed E-state index contributed by atoms with van der Waals surface area (Å²) < 4.78 is 0. The first-order chi connectivity index (χ1) is 10.6. The van der Waals surface area contributed by atoms with Crippen molar-refractivity contribution in [3.05, 3.63) is 29.1 Å². The van der Waals surface area contributed by atoms with Crippen molar-refractivity contribution in [2.75, 3.05) is 6.54 Å². The monoisotopic (exact) mass is 302 g/mol. The second-order valence-electron chi connectivity index (χ2n) is 6.15. The number of nitrogens with zero attached hydrogens (tertiary/aromatic N) is 4. The van der Waals surface area contributed by atoms with Crippen molar-refractivity contribution in [2.24, 2.45) is 0 Å². The number of carbonyl (C=O) groups excluding carboxylic acids is 1. The molecular formula is C15H22N6O. The molecule has 1 unspecified atom stereocenters. The van der Waals surface area contributed by atoms with Gasteiger partial charge in [0.05, 0.1) is 17.8 Å². The molecule has 2 N–H and O–H groups in total. The first kappa shape index (κ1) is 14.7.